The van der Waals surface area contributed by atoms with E-state index in [1.165, 1.54) is 16.9 Å². The molecule has 5 aromatic rings. The van der Waals surface area contributed by atoms with Gasteiger partial charge in [0.1, 0.15) is 10.4 Å². The van der Waals surface area contributed by atoms with Crippen molar-refractivity contribution in [1.82, 2.24) is 9.83 Å². The molecule has 5 rings (SSSR count). The van der Waals surface area contributed by atoms with E-state index in [4.69, 9.17) is 9.52 Å². The van der Waals surface area contributed by atoms with Crippen LogP contribution < -0.4 is 4.80 Å². The summed E-state index contributed by atoms with van der Waals surface area (Å²) >= 11 is 1.51. The fraction of sp³-hybridized carbons (Fsp3) is 0.0417. The minimum absolute atomic E-state index is 0.580. The highest BCUT2D eigenvalue weighted by atomic mass is 32.1. The van der Waals surface area contributed by atoms with Crippen LogP contribution in [-0.2, 0) is 0 Å². The molecule has 6 heteroatoms. The number of nitrogens with zero attached hydrogens (tertiary/aromatic N) is 4. The van der Waals surface area contributed by atoms with Crippen molar-refractivity contribution < 1.29 is 4.52 Å². The van der Waals surface area contributed by atoms with Crippen molar-refractivity contribution in [2.24, 2.45) is 10.1 Å². The zero-order valence-electron chi connectivity index (χ0n) is 16.3. The summed E-state index contributed by atoms with van der Waals surface area (Å²) in [6, 6.07) is 28.0. The summed E-state index contributed by atoms with van der Waals surface area (Å²) in [6.07, 6.45) is 1.80. The van der Waals surface area contributed by atoms with E-state index < -0.39 is 0 Å². The molecule has 0 unspecified atom stereocenters. The van der Waals surface area contributed by atoms with E-state index in [1.807, 2.05) is 84.9 Å². The molecule has 0 radical (unpaired) electrons. The number of benzene rings is 3. The second kappa shape index (κ2) is 7.93. The molecule has 0 bridgehead atoms. The van der Waals surface area contributed by atoms with Gasteiger partial charge in [0.25, 0.3) is 5.71 Å². The van der Waals surface area contributed by atoms with Crippen LogP contribution in [0.5, 0.6) is 0 Å². The van der Waals surface area contributed by atoms with Crippen molar-refractivity contribution in [2.75, 3.05) is 0 Å². The maximum absolute atomic E-state index is 5.71. The molecule has 0 aliphatic carbocycles. The quantitative estimate of drug-likeness (QED) is 0.353. The lowest BCUT2D eigenvalue weighted by molar-refractivity contribution is 0.439. The Morgan fingerprint density at radius 2 is 1.60 bits per heavy atom. The van der Waals surface area contributed by atoms with E-state index in [2.05, 4.69) is 17.2 Å². The summed E-state index contributed by atoms with van der Waals surface area (Å²) in [5.74, 6) is 0. The van der Waals surface area contributed by atoms with Crippen LogP contribution in [-0.4, -0.2) is 16.0 Å². The molecule has 3 aromatic carbocycles. The SMILES string of the molecule is Cc1ccc(N=c2sc3c(-c4ccccc4)noc3n2/N=C/c2ccccc2)cc1. The molecule has 0 saturated carbocycles. The maximum atomic E-state index is 5.71. The lowest BCUT2D eigenvalue weighted by Crippen LogP contribution is -2.09. The van der Waals surface area contributed by atoms with Gasteiger partial charge in [-0.05, 0) is 24.6 Å². The lowest BCUT2D eigenvalue weighted by atomic mass is 10.2. The number of thiazole rings is 1. The Hall–Kier alpha value is -3.77. The smallest absolute Gasteiger partial charge is 0.272 e. The zero-order chi connectivity index (χ0) is 20.3. The van der Waals surface area contributed by atoms with E-state index >= 15 is 0 Å². The molecule has 0 aliphatic rings. The number of hydrogen-bond donors (Lipinski definition) is 0. The molecule has 0 saturated heterocycles. The third kappa shape index (κ3) is 3.60. The summed E-state index contributed by atoms with van der Waals surface area (Å²) in [7, 11) is 0. The van der Waals surface area contributed by atoms with Crippen LogP contribution in [0.15, 0.2) is 99.5 Å². The molecule has 0 amide bonds. The second-order valence-electron chi connectivity index (χ2n) is 6.83. The minimum Gasteiger partial charge on any atom is -0.334 e. The molecule has 146 valence electrons. The van der Waals surface area contributed by atoms with Crippen LogP contribution in [0.4, 0.5) is 5.69 Å². The van der Waals surface area contributed by atoms with Crippen LogP contribution in [0.2, 0.25) is 0 Å². The first-order chi connectivity index (χ1) is 14.8. The molecule has 2 aromatic heterocycles. The molecule has 5 nitrogen and oxygen atoms in total. The number of hydrogen-bond acceptors (Lipinski definition) is 5. The molecule has 0 atom stereocenters. The highest BCUT2D eigenvalue weighted by Gasteiger charge is 2.17. The highest BCUT2D eigenvalue weighted by Crippen LogP contribution is 2.30. The van der Waals surface area contributed by atoms with Gasteiger partial charge >= 0.3 is 0 Å². The fourth-order valence-electron chi connectivity index (χ4n) is 3.07. The summed E-state index contributed by atoms with van der Waals surface area (Å²) in [4.78, 5) is 5.54. The molecule has 30 heavy (non-hydrogen) atoms. The van der Waals surface area contributed by atoms with E-state index in [0.717, 1.165) is 32.0 Å². The van der Waals surface area contributed by atoms with Crippen LogP contribution >= 0.6 is 11.3 Å². The van der Waals surface area contributed by atoms with Crippen LogP contribution in [0.1, 0.15) is 11.1 Å². The number of rotatable bonds is 4. The van der Waals surface area contributed by atoms with Gasteiger partial charge in [0.2, 0.25) is 4.80 Å². The largest absolute Gasteiger partial charge is 0.334 e. The topological polar surface area (TPSA) is 55.7 Å². The lowest BCUT2D eigenvalue weighted by Gasteiger charge is -1.96. The Balaban J connectivity index is 1.69. The molecule has 0 aliphatic heterocycles. The van der Waals surface area contributed by atoms with Gasteiger partial charge in [-0.2, -0.15) is 9.78 Å². The van der Waals surface area contributed by atoms with Gasteiger partial charge in [-0.1, -0.05) is 94.9 Å². The van der Waals surface area contributed by atoms with Gasteiger partial charge < -0.3 is 4.52 Å². The fourth-order valence-corrected chi connectivity index (χ4v) is 4.08. The van der Waals surface area contributed by atoms with E-state index in [0.29, 0.717) is 5.71 Å². The van der Waals surface area contributed by atoms with Crippen molar-refractivity contribution >= 4 is 33.7 Å². The van der Waals surface area contributed by atoms with E-state index in [1.54, 1.807) is 10.9 Å². The first-order valence-corrected chi connectivity index (χ1v) is 10.4. The minimum atomic E-state index is 0.580. The van der Waals surface area contributed by atoms with Crippen LogP contribution in [0.25, 0.3) is 21.7 Å². The number of aromatic nitrogens is 2. The van der Waals surface area contributed by atoms with Gasteiger partial charge in [-0.15, -0.1) is 0 Å². The molecule has 0 spiro atoms. The molecule has 2 heterocycles. The Labute approximate surface area is 177 Å². The van der Waals surface area contributed by atoms with Crippen molar-refractivity contribution in [3.05, 3.63) is 101 Å². The van der Waals surface area contributed by atoms with E-state index in [9.17, 15) is 0 Å². The van der Waals surface area contributed by atoms with Gasteiger partial charge in [-0.3, -0.25) is 0 Å². The molecule has 0 N–H and O–H groups in total. The standard InChI is InChI=1S/C24H18N4OS/c1-17-12-14-20(15-13-17)26-24-28(25-16-18-8-4-2-5-9-18)23-22(30-24)21(27-29-23)19-10-6-3-7-11-19/h2-16H,1H3/b25-16+,26-24?. The summed E-state index contributed by atoms with van der Waals surface area (Å²) in [5, 5.41) is 8.96. The predicted octanol–water partition coefficient (Wildman–Crippen LogP) is 5.78. The van der Waals surface area contributed by atoms with Crippen molar-refractivity contribution in [2.45, 2.75) is 6.92 Å². The average Bonchev–Trinajstić information content (AvgIpc) is 3.34. The third-order valence-corrected chi connectivity index (χ3v) is 5.65. The predicted molar refractivity (Wildman–Crippen MR) is 121 cm³/mol. The second-order valence-corrected chi connectivity index (χ2v) is 7.81. The van der Waals surface area contributed by atoms with Gasteiger partial charge in [0, 0.05) is 5.56 Å². The monoisotopic (exact) mass is 410 g/mol. The normalized spacial score (nSPS) is 12.2. The Morgan fingerprint density at radius 1 is 0.900 bits per heavy atom. The van der Waals surface area contributed by atoms with E-state index in [-0.39, 0.29) is 0 Å². The zero-order valence-corrected chi connectivity index (χ0v) is 17.1. The van der Waals surface area contributed by atoms with Gasteiger partial charge in [0.05, 0.1) is 11.9 Å². The van der Waals surface area contributed by atoms with Crippen LogP contribution in [0.3, 0.4) is 0 Å². The van der Waals surface area contributed by atoms with Crippen molar-refractivity contribution in [3.8, 4) is 11.3 Å². The maximum Gasteiger partial charge on any atom is 0.272 e. The summed E-state index contributed by atoms with van der Waals surface area (Å²) < 4.78 is 8.34. The Bertz CT molecular complexity index is 1380. The molecular weight excluding hydrogens is 392 g/mol. The van der Waals surface area contributed by atoms with Gasteiger partial charge in [0.15, 0.2) is 0 Å². The summed E-state index contributed by atoms with van der Waals surface area (Å²) in [5.41, 5.74) is 5.43. The first kappa shape index (κ1) is 18.3. The average molecular weight is 411 g/mol. The Morgan fingerprint density at radius 3 is 2.33 bits per heavy atom. The molecule has 0 fully saturated rings. The third-order valence-electron chi connectivity index (χ3n) is 4.63. The van der Waals surface area contributed by atoms with Crippen molar-refractivity contribution in [3.63, 3.8) is 0 Å². The number of fused-ring (bicyclic) bond motifs is 1. The first-order valence-electron chi connectivity index (χ1n) is 9.55. The van der Waals surface area contributed by atoms with Gasteiger partial charge in [-0.25, -0.2) is 4.99 Å². The van der Waals surface area contributed by atoms with Crippen molar-refractivity contribution in [1.29, 1.82) is 0 Å². The molecular formula is C24H18N4OS. The van der Waals surface area contributed by atoms with Crippen LogP contribution in [0, 0.1) is 6.92 Å². The summed E-state index contributed by atoms with van der Waals surface area (Å²) in [6.45, 7) is 2.06. The Kier molecular flexibility index (Phi) is 4.83. The highest BCUT2D eigenvalue weighted by molar-refractivity contribution is 7.16. The number of aryl methyl sites for hydroxylation is 1.